The molecule has 2 atom stereocenters. The lowest BCUT2D eigenvalue weighted by atomic mass is 9.73. The summed E-state index contributed by atoms with van der Waals surface area (Å²) in [4.78, 5) is 2.77. The van der Waals surface area contributed by atoms with E-state index in [1.165, 1.54) is 71.0 Å². The SMILES string of the molecule is CCCN(CC1CCCN1)C1CCOC2(CCC2)C1. The fraction of sp³-hybridized carbons (Fsp3) is 1.00. The quantitative estimate of drug-likeness (QED) is 0.827. The van der Waals surface area contributed by atoms with Crippen molar-refractivity contribution in [2.45, 2.75) is 76.0 Å². The van der Waals surface area contributed by atoms with Gasteiger partial charge in [-0.25, -0.2) is 0 Å². The first-order chi connectivity index (χ1) is 9.31. The van der Waals surface area contributed by atoms with Gasteiger partial charge in [0.05, 0.1) is 5.60 Å². The molecule has 110 valence electrons. The van der Waals surface area contributed by atoms with Crippen LogP contribution in [0.2, 0.25) is 0 Å². The zero-order valence-corrected chi connectivity index (χ0v) is 12.5. The monoisotopic (exact) mass is 266 g/mol. The molecule has 3 aliphatic rings. The van der Waals surface area contributed by atoms with Crippen molar-refractivity contribution in [2.24, 2.45) is 0 Å². The molecule has 3 nitrogen and oxygen atoms in total. The molecule has 2 aliphatic heterocycles. The van der Waals surface area contributed by atoms with Gasteiger partial charge in [0.15, 0.2) is 0 Å². The Morgan fingerprint density at radius 2 is 2.16 bits per heavy atom. The molecule has 2 heterocycles. The number of hydrogen-bond donors (Lipinski definition) is 1. The van der Waals surface area contributed by atoms with Gasteiger partial charge in [0.1, 0.15) is 0 Å². The van der Waals surface area contributed by atoms with Gasteiger partial charge >= 0.3 is 0 Å². The van der Waals surface area contributed by atoms with Crippen LogP contribution in [0, 0.1) is 0 Å². The minimum absolute atomic E-state index is 0.290. The first kappa shape index (κ1) is 13.8. The molecule has 2 saturated heterocycles. The van der Waals surface area contributed by atoms with Crippen molar-refractivity contribution in [2.75, 3.05) is 26.2 Å². The van der Waals surface area contributed by atoms with Crippen molar-refractivity contribution in [3.05, 3.63) is 0 Å². The second-order valence-corrected chi connectivity index (χ2v) is 6.82. The molecule has 19 heavy (non-hydrogen) atoms. The van der Waals surface area contributed by atoms with E-state index in [4.69, 9.17) is 4.74 Å². The smallest absolute Gasteiger partial charge is 0.0697 e. The van der Waals surface area contributed by atoms with E-state index in [1.807, 2.05) is 0 Å². The Balaban J connectivity index is 1.58. The van der Waals surface area contributed by atoms with Gasteiger partial charge in [0.25, 0.3) is 0 Å². The summed E-state index contributed by atoms with van der Waals surface area (Å²) in [7, 11) is 0. The van der Waals surface area contributed by atoms with Crippen molar-refractivity contribution in [3.63, 3.8) is 0 Å². The summed E-state index contributed by atoms with van der Waals surface area (Å²) in [5.74, 6) is 0. The van der Waals surface area contributed by atoms with Gasteiger partial charge in [-0.1, -0.05) is 6.92 Å². The molecule has 1 spiro atoms. The Bertz CT molecular complexity index is 284. The predicted molar refractivity (Wildman–Crippen MR) is 78.4 cm³/mol. The number of rotatable bonds is 5. The molecule has 1 aliphatic carbocycles. The van der Waals surface area contributed by atoms with E-state index in [0.717, 1.165) is 18.7 Å². The van der Waals surface area contributed by atoms with Gasteiger partial charge in [0.2, 0.25) is 0 Å². The van der Waals surface area contributed by atoms with Gasteiger partial charge in [-0.05, 0) is 64.5 Å². The highest BCUT2D eigenvalue weighted by Gasteiger charge is 2.43. The third-order valence-electron chi connectivity index (χ3n) is 5.38. The number of hydrogen-bond acceptors (Lipinski definition) is 3. The Morgan fingerprint density at radius 1 is 1.26 bits per heavy atom. The molecular weight excluding hydrogens is 236 g/mol. The van der Waals surface area contributed by atoms with Crippen LogP contribution in [0.15, 0.2) is 0 Å². The maximum Gasteiger partial charge on any atom is 0.0697 e. The molecule has 0 radical (unpaired) electrons. The Labute approximate surface area is 118 Å². The zero-order valence-electron chi connectivity index (χ0n) is 12.5. The van der Waals surface area contributed by atoms with E-state index in [-0.39, 0.29) is 5.60 Å². The molecule has 0 amide bonds. The third kappa shape index (κ3) is 3.14. The van der Waals surface area contributed by atoms with Crippen LogP contribution in [0.5, 0.6) is 0 Å². The summed E-state index contributed by atoms with van der Waals surface area (Å²) < 4.78 is 6.09. The van der Waals surface area contributed by atoms with Gasteiger partial charge in [0, 0.05) is 25.2 Å². The van der Waals surface area contributed by atoms with Crippen molar-refractivity contribution in [1.29, 1.82) is 0 Å². The number of nitrogens with one attached hydrogen (secondary N) is 1. The second-order valence-electron chi connectivity index (χ2n) is 6.82. The van der Waals surface area contributed by atoms with Gasteiger partial charge in [-0.2, -0.15) is 0 Å². The summed E-state index contributed by atoms with van der Waals surface area (Å²) in [6.45, 7) is 7.05. The minimum Gasteiger partial charge on any atom is -0.375 e. The molecule has 3 heteroatoms. The average molecular weight is 266 g/mol. The summed E-state index contributed by atoms with van der Waals surface area (Å²) in [6.07, 6.45) is 10.5. The highest BCUT2D eigenvalue weighted by Crippen LogP contribution is 2.43. The molecule has 3 fully saturated rings. The summed E-state index contributed by atoms with van der Waals surface area (Å²) in [5.41, 5.74) is 0.290. The van der Waals surface area contributed by atoms with Crippen LogP contribution in [0.1, 0.15) is 58.3 Å². The van der Waals surface area contributed by atoms with Crippen LogP contribution in [-0.2, 0) is 4.74 Å². The highest BCUT2D eigenvalue weighted by atomic mass is 16.5. The van der Waals surface area contributed by atoms with Gasteiger partial charge in [-0.3, -0.25) is 4.90 Å². The lowest BCUT2D eigenvalue weighted by molar-refractivity contribution is -0.149. The van der Waals surface area contributed by atoms with Crippen LogP contribution >= 0.6 is 0 Å². The molecule has 0 aromatic carbocycles. The fourth-order valence-corrected chi connectivity index (χ4v) is 4.14. The molecule has 3 rings (SSSR count). The zero-order chi connectivity index (χ0) is 13.1. The van der Waals surface area contributed by atoms with Crippen molar-refractivity contribution in [1.82, 2.24) is 10.2 Å². The molecular formula is C16H30N2O. The Hall–Kier alpha value is -0.120. The minimum atomic E-state index is 0.290. The predicted octanol–water partition coefficient (Wildman–Crippen LogP) is 2.55. The van der Waals surface area contributed by atoms with Crippen molar-refractivity contribution >= 4 is 0 Å². The average Bonchev–Trinajstić information content (AvgIpc) is 2.90. The first-order valence-corrected chi connectivity index (χ1v) is 8.43. The number of nitrogens with zero attached hydrogens (tertiary/aromatic N) is 1. The normalized spacial score (nSPS) is 33.8. The van der Waals surface area contributed by atoms with E-state index in [2.05, 4.69) is 17.1 Å². The maximum absolute atomic E-state index is 6.09. The van der Waals surface area contributed by atoms with Crippen molar-refractivity contribution in [3.8, 4) is 0 Å². The largest absolute Gasteiger partial charge is 0.375 e. The van der Waals surface area contributed by atoms with E-state index >= 15 is 0 Å². The fourth-order valence-electron chi connectivity index (χ4n) is 4.14. The highest BCUT2D eigenvalue weighted by molar-refractivity contribution is 4.97. The van der Waals surface area contributed by atoms with Gasteiger partial charge < -0.3 is 10.1 Å². The van der Waals surface area contributed by atoms with Crippen LogP contribution in [-0.4, -0.2) is 48.8 Å². The van der Waals surface area contributed by atoms with Crippen LogP contribution in [0.4, 0.5) is 0 Å². The first-order valence-electron chi connectivity index (χ1n) is 8.43. The lowest BCUT2D eigenvalue weighted by Gasteiger charge is -2.50. The molecule has 0 bridgehead atoms. The van der Waals surface area contributed by atoms with E-state index in [0.29, 0.717) is 0 Å². The maximum atomic E-state index is 6.09. The second kappa shape index (κ2) is 6.11. The standard InChI is InChI=1S/C16H30N2O/c1-2-10-18(13-14-5-3-9-17-14)15-6-11-19-16(12-15)7-4-8-16/h14-15,17H,2-13H2,1H3. The van der Waals surface area contributed by atoms with Crippen LogP contribution in [0.25, 0.3) is 0 Å². The topological polar surface area (TPSA) is 24.5 Å². The third-order valence-corrected chi connectivity index (χ3v) is 5.38. The van der Waals surface area contributed by atoms with Crippen LogP contribution in [0.3, 0.4) is 0 Å². The molecule has 1 saturated carbocycles. The van der Waals surface area contributed by atoms with E-state index in [1.54, 1.807) is 0 Å². The summed E-state index contributed by atoms with van der Waals surface area (Å²) >= 11 is 0. The summed E-state index contributed by atoms with van der Waals surface area (Å²) in [6, 6.07) is 1.52. The molecule has 1 N–H and O–H groups in total. The van der Waals surface area contributed by atoms with Crippen LogP contribution < -0.4 is 5.32 Å². The van der Waals surface area contributed by atoms with E-state index in [9.17, 15) is 0 Å². The molecule has 0 aromatic rings. The van der Waals surface area contributed by atoms with Crippen molar-refractivity contribution < 1.29 is 4.74 Å². The summed E-state index contributed by atoms with van der Waals surface area (Å²) in [5, 5.41) is 3.66. The Morgan fingerprint density at radius 3 is 2.79 bits per heavy atom. The number of ether oxygens (including phenoxy) is 1. The Kier molecular flexibility index (Phi) is 4.45. The van der Waals surface area contributed by atoms with Gasteiger partial charge in [-0.15, -0.1) is 0 Å². The molecule has 2 unspecified atom stereocenters. The lowest BCUT2D eigenvalue weighted by Crippen LogP contribution is -2.54. The van der Waals surface area contributed by atoms with E-state index < -0.39 is 0 Å². The molecule has 0 aromatic heterocycles.